The van der Waals surface area contributed by atoms with Gasteiger partial charge in [-0.2, -0.15) is 5.10 Å². The number of methoxy groups -OCH3 is 1. The lowest BCUT2D eigenvalue weighted by Crippen LogP contribution is -2.21. The molecule has 0 aromatic heterocycles. The third kappa shape index (κ3) is 7.06. The largest absolute Gasteiger partial charge is 0.497 e. The number of ether oxygens (including phenoxy) is 1. The number of carbonyl (C=O) groups excluding carboxylic acids is 2. The Bertz CT molecular complexity index is 1090. The van der Waals surface area contributed by atoms with Crippen LogP contribution in [0.25, 0.3) is 0 Å². The summed E-state index contributed by atoms with van der Waals surface area (Å²) < 4.78 is 6.09. The van der Waals surface area contributed by atoms with Crippen molar-refractivity contribution in [2.75, 3.05) is 12.4 Å². The van der Waals surface area contributed by atoms with Crippen LogP contribution in [-0.4, -0.2) is 24.6 Å². The van der Waals surface area contributed by atoms with E-state index in [1.807, 2.05) is 79.7 Å². The molecular weight excluding hydrogens is 470 g/mol. The van der Waals surface area contributed by atoms with E-state index < -0.39 is 0 Å². The van der Waals surface area contributed by atoms with Gasteiger partial charge in [0.05, 0.1) is 25.7 Å². The van der Waals surface area contributed by atoms with Crippen LogP contribution in [0.2, 0.25) is 0 Å². The molecule has 0 aliphatic heterocycles. The molecule has 0 spiro atoms. The number of hydrazone groups is 1. The van der Waals surface area contributed by atoms with Crippen molar-refractivity contribution < 1.29 is 14.3 Å². The average molecular weight is 494 g/mol. The van der Waals surface area contributed by atoms with Gasteiger partial charge in [0.2, 0.25) is 11.8 Å². The Morgan fingerprint density at radius 3 is 2.00 bits per heavy atom. The third-order valence-electron chi connectivity index (χ3n) is 4.74. The molecule has 32 heavy (non-hydrogen) atoms. The van der Waals surface area contributed by atoms with Gasteiger partial charge in [-0.25, -0.2) is 5.43 Å². The highest BCUT2D eigenvalue weighted by molar-refractivity contribution is 9.10. The van der Waals surface area contributed by atoms with Crippen molar-refractivity contribution >= 4 is 39.1 Å². The summed E-state index contributed by atoms with van der Waals surface area (Å²) in [5, 5.41) is 7.06. The lowest BCUT2D eigenvalue weighted by molar-refractivity contribution is -0.120. The number of halogens is 1. The molecule has 164 valence electrons. The second kappa shape index (κ2) is 11.2. The zero-order valence-electron chi connectivity index (χ0n) is 17.9. The number of rotatable bonds is 8. The predicted octanol–water partition coefficient (Wildman–Crippen LogP) is 4.72. The number of hydrogen-bond acceptors (Lipinski definition) is 4. The zero-order valence-corrected chi connectivity index (χ0v) is 19.5. The quantitative estimate of drug-likeness (QED) is 0.351. The van der Waals surface area contributed by atoms with Gasteiger partial charge < -0.3 is 10.1 Å². The summed E-state index contributed by atoms with van der Waals surface area (Å²) >= 11 is 3.38. The van der Waals surface area contributed by atoms with Gasteiger partial charge in [-0.3, -0.25) is 9.59 Å². The maximum atomic E-state index is 12.3. The van der Waals surface area contributed by atoms with Crippen molar-refractivity contribution in [2.45, 2.75) is 19.8 Å². The number of nitrogens with one attached hydrogen (secondary N) is 2. The van der Waals surface area contributed by atoms with Crippen molar-refractivity contribution in [1.82, 2.24) is 5.43 Å². The van der Waals surface area contributed by atoms with Crippen LogP contribution in [0.5, 0.6) is 5.75 Å². The third-order valence-corrected chi connectivity index (χ3v) is 5.27. The summed E-state index contributed by atoms with van der Waals surface area (Å²) in [6.45, 7) is 1.82. The second-order valence-electron chi connectivity index (χ2n) is 7.19. The van der Waals surface area contributed by atoms with E-state index in [1.54, 1.807) is 7.11 Å². The van der Waals surface area contributed by atoms with E-state index in [0.29, 0.717) is 11.4 Å². The van der Waals surface area contributed by atoms with Gasteiger partial charge in [0, 0.05) is 10.2 Å². The molecule has 7 heteroatoms. The number of hydrogen-bond donors (Lipinski definition) is 2. The first-order chi connectivity index (χ1) is 15.4. The normalized spacial score (nSPS) is 11.0. The van der Waals surface area contributed by atoms with Crippen LogP contribution < -0.4 is 15.5 Å². The average Bonchev–Trinajstić information content (AvgIpc) is 2.80. The molecule has 0 atom stereocenters. The first-order valence-corrected chi connectivity index (χ1v) is 10.8. The van der Waals surface area contributed by atoms with E-state index in [1.165, 1.54) is 0 Å². The molecule has 3 aromatic carbocycles. The molecule has 0 heterocycles. The van der Waals surface area contributed by atoms with Crippen molar-refractivity contribution in [3.8, 4) is 5.75 Å². The van der Waals surface area contributed by atoms with Gasteiger partial charge in [-0.15, -0.1) is 0 Å². The van der Waals surface area contributed by atoms with Gasteiger partial charge >= 0.3 is 0 Å². The van der Waals surface area contributed by atoms with Crippen molar-refractivity contribution in [1.29, 1.82) is 0 Å². The van der Waals surface area contributed by atoms with Gasteiger partial charge in [0.1, 0.15) is 5.75 Å². The van der Waals surface area contributed by atoms with E-state index in [4.69, 9.17) is 4.74 Å². The Morgan fingerprint density at radius 1 is 0.844 bits per heavy atom. The molecule has 3 aromatic rings. The van der Waals surface area contributed by atoms with Gasteiger partial charge in [-0.05, 0) is 60.0 Å². The predicted molar refractivity (Wildman–Crippen MR) is 130 cm³/mol. The minimum atomic E-state index is -0.186. The van der Waals surface area contributed by atoms with Crippen LogP contribution in [-0.2, 0) is 22.4 Å². The maximum absolute atomic E-state index is 12.3. The van der Waals surface area contributed by atoms with Crippen LogP contribution in [0.15, 0.2) is 82.4 Å². The summed E-state index contributed by atoms with van der Waals surface area (Å²) in [6, 6.07) is 22.3. The molecule has 2 amide bonds. The Labute approximate surface area is 195 Å². The minimum absolute atomic E-state index is 0.103. The second-order valence-corrected chi connectivity index (χ2v) is 8.10. The van der Waals surface area contributed by atoms with Crippen LogP contribution in [0.1, 0.15) is 23.6 Å². The standard InChI is InChI=1S/C25H24BrN3O3/c1-17(28-29-25(31)16-18-3-9-21(26)10-4-18)20-7-11-22(12-8-20)27-24(30)15-19-5-13-23(32-2)14-6-19/h3-14H,15-16H2,1-2H3,(H,27,30)(H,29,31). The molecule has 0 aliphatic rings. The lowest BCUT2D eigenvalue weighted by Gasteiger charge is -2.08. The van der Waals surface area contributed by atoms with Crippen LogP contribution >= 0.6 is 15.9 Å². The van der Waals surface area contributed by atoms with Crippen LogP contribution in [0.4, 0.5) is 5.69 Å². The fourth-order valence-corrected chi connectivity index (χ4v) is 3.23. The smallest absolute Gasteiger partial charge is 0.244 e. The fourth-order valence-electron chi connectivity index (χ4n) is 2.97. The first-order valence-electron chi connectivity index (χ1n) is 10.0. The summed E-state index contributed by atoms with van der Waals surface area (Å²) in [6.07, 6.45) is 0.528. The van der Waals surface area contributed by atoms with Crippen molar-refractivity contribution in [2.24, 2.45) is 5.10 Å². The molecular formula is C25H24BrN3O3. The van der Waals surface area contributed by atoms with Crippen LogP contribution in [0.3, 0.4) is 0 Å². The topological polar surface area (TPSA) is 79.8 Å². The van der Waals surface area contributed by atoms with Gasteiger partial charge in [0.15, 0.2) is 0 Å². The van der Waals surface area contributed by atoms with E-state index in [0.717, 1.165) is 26.9 Å². The van der Waals surface area contributed by atoms with Gasteiger partial charge in [0.25, 0.3) is 0 Å². The minimum Gasteiger partial charge on any atom is -0.497 e. The number of amides is 2. The summed E-state index contributed by atoms with van der Waals surface area (Å²) in [5.74, 6) is 0.467. The van der Waals surface area contributed by atoms with E-state index in [9.17, 15) is 9.59 Å². The molecule has 6 nitrogen and oxygen atoms in total. The fraction of sp³-hybridized carbons (Fsp3) is 0.160. The van der Waals surface area contributed by atoms with Gasteiger partial charge in [-0.1, -0.05) is 52.3 Å². The summed E-state index contributed by atoms with van der Waals surface area (Å²) in [7, 11) is 1.61. The van der Waals surface area contributed by atoms with E-state index in [2.05, 4.69) is 31.8 Å². The Kier molecular flexibility index (Phi) is 8.16. The summed E-state index contributed by atoms with van der Waals surface area (Å²) in [5.41, 5.74) is 6.61. The number of anilines is 1. The zero-order chi connectivity index (χ0) is 22.9. The summed E-state index contributed by atoms with van der Waals surface area (Å²) in [4.78, 5) is 24.4. The van der Waals surface area contributed by atoms with E-state index in [-0.39, 0.29) is 24.7 Å². The Balaban J connectivity index is 1.51. The van der Waals surface area contributed by atoms with Crippen LogP contribution in [0, 0.1) is 0 Å². The molecule has 0 fully saturated rings. The molecule has 0 bridgehead atoms. The number of carbonyl (C=O) groups is 2. The molecule has 0 saturated heterocycles. The number of benzene rings is 3. The molecule has 0 unspecified atom stereocenters. The highest BCUT2D eigenvalue weighted by atomic mass is 79.9. The molecule has 0 radical (unpaired) electrons. The van der Waals surface area contributed by atoms with Crippen molar-refractivity contribution in [3.63, 3.8) is 0 Å². The molecule has 3 rings (SSSR count). The molecule has 0 aliphatic carbocycles. The molecule has 2 N–H and O–H groups in total. The monoisotopic (exact) mass is 493 g/mol. The highest BCUT2D eigenvalue weighted by Crippen LogP contribution is 2.14. The Hall–Kier alpha value is -3.45. The van der Waals surface area contributed by atoms with E-state index >= 15 is 0 Å². The number of nitrogens with zero attached hydrogens (tertiary/aromatic N) is 1. The molecule has 0 saturated carbocycles. The highest BCUT2D eigenvalue weighted by Gasteiger charge is 2.06. The maximum Gasteiger partial charge on any atom is 0.244 e. The SMILES string of the molecule is COc1ccc(CC(=O)Nc2ccc(C(C)=NNC(=O)Cc3ccc(Br)cc3)cc2)cc1. The Morgan fingerprint density at radius 2 is 1.41 bits per heavy atom. The van der Waals surface area contributed by atoms with Crippen molar-refractivity contribution in [3.05, 3.63) is 94.0 Å². The first kappa shape index (κ1) is 23.2. The lowest BCUT2D eigenvalue weighted by atomic mass is 10.1.